The van der Waals surface area contributed by atoms with Crippen LogP contribution in [0.2, 0.25) is 0 Å². The Labute approximate surface area is 329 Å². The highest BCUT2D eigenvalue weighted by Gasteiger charge is 2.34. The molecule has 3 heteroatoms. The molecule has 0 radical (unpaired) electrons. The van der Waals surface area contributed by atoms with Gasteiger partial charge >= 0.3 is 0 Å². The van der Waals surface area contributed by atoms with Gasteiger partial charge in [0, 0.05) is 11.8 Å². The second-order valence-corrected chi connectivity index (χ2v) is 20.9. The van der Waals surface area contributed by atoms with Crippen LogP contribution in [0.1, 0.15) is 137 Å². The van der Waals surface area contributed by atoms with Crippen LogP contribution in [0.25, 0.3) is 22.3 Å². The Morgan fingerprint density at radius 1 is 0.418 bits per heavy atom. The van der Waals surface area contributed by atoms with Gasteiger partial charge in [0.1, 0.15) is 0 Å². The monoisotopic (exact) mass is 742 g/mol. The molecule has 1 unspecified atom stereocenters. The van der Waals surface area contributed by atoms with Gasteiger partial charge in [0.05, 0.1) is 9.79 Å². The van der Waals surface area contributed by atoms with Crippen LogP contribution in [0.3, 0.4) is 0 Å². The van der Waals surface area contributed by atoms with Gasteiger partial charge in [-0.2, -0.15) is 0 Å². The molecule has 0 spiro atoms. The van der Waals surface area contributed by atoms with E-state index < -0.39 is 9.84 Å². The molecule has 2 aliphatic carbocycles. The molecule has 0 aliphatic heterocycles. The molecule has 0 fully saturated rings. The normalized spacial score (nSPS) is 15.4. The Kier molecular flexibility index (Phi) is 8.74. The van der Waals surface area contributed by atoms with E-state index >= 15 is 0 Å². The van der Waals surface area contributed by atoms with Crippen LogP contribution in [0.15, 0.2) is 131 Å². The summed E-state index contributed by atoms with van der Waals surface area (Å²) in [6.07, 6.45) is 0.984. The van der Waals surface area contributed by atoms with Crippen LogP contribution in [0, 0.1) is 0 Å². The Morgan fingerprint density at radius 3 is 1.04 bits per heavy atom. The predicted octanol–water partition coefficient (Wildman–Crippen LogP) is 13.3. The topological polar surface area (TPSA) is 34.1 Å². The lowest BCUT2D eigenvalue weighted by atomic mass is 9.83. The van der Waals surface area contributed by atoms with Crippen molar-refractivity contribution in [1.82, 2.24) is 0 Å². The lowest BCUT2D eigenvalue weighted by Gasteiger charge is -2.21. The molecule has 2 nitrogen and oxygen atoms in total. The Morgan fingerprint density at radius 2 is 0.727 bits per heavy atom. The summed E-state index contributed by atoms with van der Waals surface area (Å²) in [6.45, 7) is 22.5. The van der Waals surface area contributed by atoms with E-state index in [0.717, 1.165) is 17.5 Å². The van der Waals surface area contributed by atoms with Crippen molar-refractivity contribution >= 4 is 9.84 Å². The van der Waals surface area contributed by atoms with Crippen molar-refractivity contribution < 1.29 is 8.42 Å². The van der Waals surface area contributed by atoms with Crippen molar-refractivity contribution in [2.75, 3.05) is 0 Å². The van der Waals surface area contributed by atoms with Crippen molar-refractivity contribution in [1.29, 1.82) is 0 Å². The van der Waals surface area contributed by atoms with Gasteiger partial charge in [-0.05, 0) is 125 Å². The quantitative estimate of drug-likeness (QED) is 0.176. The maximum absolute atomic E-state index is 14.2. The van der Waals surface area contributed by atoms with Crippen LogP contribution in [-0.2, 0) is 32.5 Å². The van der Waals surface area contributed by atoms with E-state index in [4.69, 9.17) is 0 Å². The van der Waals surface area contributed by atoms with Gasteiger partial charge in [0.15, 0.2) is 0 Å². The van der Waals surface area contributed by atoms with Crippen LogP contribution < -0.4 is 0 Å². The molecule has 2 aliphatic rings. The summed E-state index contributed by atoms with van der Waals surface area (Å²) in [6, 6.07) is 42.9. The average molecular weight is 743 g/mol. The molecule has 0 heterocycles. The van der Waals surface area contributed by atoms with Gasteiger partial charge in [0.25, 0.3) is 0 Å². The SMILES string of the molecule is CCc1ccc2c(c1)-c1cc(C(C)(C)C)ccc1C2c1ccc(S(=O)(=O)c2ccc(C3c4ccc(C(C)(C)C)cc4-c4cc(C(C)(C)C)ccc43)cc2)cc1. The minimum Gasteiger partial charge on any atom is -0.219 e. The molecule has 55 heavy (non-hydrogen) atoms. The van der Waals surface area contributed by atoms with Gasteiger partial charge in [0.2, 0.25) is 9.84 Å². The van der Waals surface area contributed by atoms with E-state index in [9.17, 15) is 8.42 Å². The first-order valence-corrected chi connectivity index (χ1v) is 21.4. The predicted molar refractivity (Wildman–Crippen MR) is 229 cm³/mol. The number of sulfone groups is 1. The molecule has 1 atom stereocenters. The van der Waals surface area contributed by atoms with Gasteiger partial charge in [-0.3, -0.25) is 0 Å². The summed E-state index contributed by atoms with van der Waals surface area (Å²) in [7, 11) is -3.74. The maximum atomic E-state index is 14.2. The van der Waals surface area contributed by atoms with E-state index in [2.05, 4.69) is 142 Å². The van der Waals surface area contributed by atoms with Gasteiger partial charge in [-0.15, -0.1) is 0 Å². The first kappa shape index (κ1) is 37.2. The maximum Gasteiger partial charge on any atom is 0.206 e. The standard InChI is InChI=1S/C52H54O2S/c1-11-32-12-24-40-44(28-32)45-29-35(50(2,3)4)17-25-41(45)48(40)33-13-20-38(21-14-33)55(53,54)39-22-15-34(16-23-39)49-42-26-18-36(51(5,6)7)30-46(42)47-31-37(52(8,9)10)19-27-43(47)49/h12-31,48-49H,11H2,1-10H3. The van der Waals surface area contributed by atoms with Gasteiger partial charge in [-0.1, -0.05) is 166 Å². The number of hydrogen-bond acceptors (Lipinski definition) is 2. The van der Waals surface area contributed by atoms with Crippen LogP contribution in [0.4, 0.5) is 0 Å². The first-order chi connectivity index (χ1) is 25.9. The molecule has 6 aromatic carbocycles. The number of fused-ring (bicyclic) bond motifs is 6. The molecule has 0 saturated carbocycles. The van der Waals surface area contributed by atoms with E-state index in [-0.39, 0.29) is 28.1 Å². The molecule has 0 bridgehead atoms. The van der Waals surface area contributed by atoms with E-state index in [1.165, 1.54) is 66.8 Å². The molecular formula is C52H54O2S. The second kappa shape index (κ2) is 12.9. The van der Waals surface area contributed by atoms with E-state index in [1.807, 2.05) is 24.3 Å². The summed E-state index contributed by atoms with van der Waals surface area (Å²) < 4.78 is 28.3. The lowest BCUT2D eigenvalue weighted by Crippen LogP contribution is -2.11. The van der Waals surface area contributed by atoms with Crippen molar-refractivity contribution in [2.45, 2.75) is 114 Å². The molecule has 0 saturated heterocycles. The number of hydrogen-bond donors (Lipinski definition) is 0. The van der Waals surface area contributed by atoms with Crippen LogP contribution in [0.5, 0.6) is 0 Å². The smallest absolute Gasteiger partial charge is 0.206 e. The van der Waals surface area contributed by atoms with Crippen molar-refractivity contribution in [2.24, 2.45) is 0 Å². The zero-order valence-electron chi connectivity index (χ0n) is 34.1. The molecule has 0 amide bonds. The average Bonchev–Trinajstić information content (AvgIpc) is 3.65. The molecule has 0 aromatic heterocycles. The molecule has 6 aromatic rings. The summed E-state index contributed by atoms with van der Waals surface area (Å²) in [4.78, 5) is 0.625. The lowest BCUT2D eigenvalue weighted by molar-refractivity contribution is 0.589. The zero-order valence-corrected chi connectivity index (χ0v) is 35.0. The highest BCUT2D eigenvalue weighted by molar-refractivity contribution is 7.91. The molecule has 0 N–H and O–H groups in total. The summed E-state index contributed by atoms with van der Waals surface area (Å²) in [5, 5.41) is 0. The third-order valence-corrected chi connectivity index (χ3v) is 13.9. The van der Waals surface area contributed by atoms with Crippen molar-refractivity contribution in [3.63, 3.8) is 0 Å². The zero-order chi connectivity index (χ0) is 39.2. The Bertz CT molecular complexity index is 2510. The number of benzene rings is 6. The number of aryl methyl sites for hydroxylation is 1. The Hall–Kier alpha value is -4.73. The van der Waals surface area contributed by atoms with Gasteiger partial charge < -0.3 is 0 Å². The van der Waals surface area contributed by atoms with Crippen molar-refractivity contribution in [3.8, 4) is 22.3 Å². The van der Waals surface area contributed by atoms with Crippen molar-refractivity contribution in [3.05, 3.63) is 177 Å². The second-order valence-electron chi connectivity index (χ2n) is 18.9. The Balaban J connectivity index is 1.12. The number of rotatable bonds is 5. The van der Waals surface area contributed by atoms with Crippen LogP contribution >= 0.6 is 0 Å². The summed E-state index contributed by atoms with van der Waals surface area (Å²) in [5.41, 5.74) is 17.8. The van der Waals surface area contributed by atoms with Gasteiger partial charge in [-0.25, -0.2) is 8.42 Å². The molecule has 280 valence electrons. The minimum atomic E-state index is -3.74. The largest absolute Gasteiger partial charge is 0.219 e. The highest BCUT2D eigenvalue weighted by atomic mass is 32.2. The minimum absolute atomic E-state index is 0.0318. The van der Waals surface area contributed by atoms with E-state index in [1.54, 1.807) is 24.3 Å². The molecular weight excluding hydrogens is 689 g/mol. The third kappa shape index (κ3) is 6.39. The fraction of sp³-hybridized carbons (Fsp3) is 0.308. The summed E-state index contributed by atoms with van der Waals surface area (Å²) >= 11 is 0. The fourth-order valence-electron chi connectivity index (χ4n) is 8.70. The van der Waals surface area contributed by atoms with Crippen LogP contribution in [-0.4, -0.2) is 8.42 Å². The fourth-order valence-corrected chi connectivity index (χ4v) is 9.96. The molecule has 8 rings (SSSR count). The third-order valence-electron chi connectivity index (χ3n) is 12.2. The highest BCUT2D eigenvalue weighted by Crippen LogP contribution is 2.51. The van der Waals surface area contributed by atoms with E-state index in [0.29, 0.717) is 9.79 Å². The summed E-state index contributed by atoms with van der Waals surface area (Å²) in [5.74, 6) is 0.0891. The first-order valence-electron chi connectivity index (χ1n) is 19.9.